The van der Waals surface area contributed by atoms with Crippen LogP contribution in [0.4, 0.5) is 13.2 Å². The van der Waals surface area contributed by atoms with Gasteiger partial charge in [0.25, 0.3) is 0 Å². The second-order valence-electron chi connectivity index (χ2n) is 8.87. The van der Waals surface area contributed by atoms with E-state index in [2.05, 4.69) is 0 Å². The van der Waals surface area contributed by atoms with Gasteiger partial charge in [-0.1, -0.05) is 36.4 Å². The molecule has 1 saturated carbocycles. The maximum absolute atomic E-state index is 15.1. The van der Waals surface area contributed by atoms with Crippen LogP contribution in [-0.2, 0) is 0 Å². The van der Waals surface area contributed by atoms with E-state index in [0.717, 1.165) is 25.7 Å². The highest BCUT2D eigenvalue weighted by Gasteiger charge is 2.26. The lowest BCUT2D eigenvalue weighted by molar-refractivity contribution is 0.338. The fraction of sp³-hybridized carbons (Fsp3) is 0.333. The highest BCUT2D eigenvalue weighted by atomic mass is 19.2. The molecule has 184 valence electrons. The Kier molecular flexibility index (Phi) is 8.17. The Morgan fingerprint density at radius 3 is 2.09 bits per heavy atom. The summed E-state index contributed by atoms with van der Waals surface area (Å²) in [7, 11) is 0. The highest BCUT2D eigenvalue weighted by molar-refractivity contribution is 5.65. The van der Waals surface area contributed by atoms with Gasteiger partial charge in [0.05, 0.1) is 13.2 Å². The predicted molar refractivity (Wildman–Crippen MR) is 134 cm³/mol. The number of hydrogen-bond donors (Lipinski definition) is 0. The average Bonchev–Trinajstić information content (AvgIpc) is 2.87. The zero-order valence-electron chi connectivity index (χ0n) is 20.2. The minimum absolute atomic E-state index is 0.0225. The molecule has 2 nitrogen and oxygen atoms in total. The second kappa shape index (κ2) is 11.5. The molecule has 4 rings (SSSR count). The van der Waals surface area contributed by atoms with Crippen molar-refractivity contribution in [3.8, 4) is 22.6 Å². The molecule has 5 heteroatoms. The van der Waals surface area contributed by atoms with Crippen LogP contribution in [0.15, 0.2) is 60.7 Å². The number of allylic oxidation sites excluding steroid dienone is 1. The third-order valence-electron chi connectivity index (χ3n) is 6.63. The van der Waals surface area contributed by atoms with Crippen LogP contribution in [0.1, 0.15) is 56.6 Å². The van der Waals surface area contributed by atoms with Gasteiger partial charge in [0, 0.05) is 17.2 Å². The van der Waals surface area contributed by atoms with E-state index in [-0.39, 0.29) is 23.2 Å². The lowest BCUT2D eigenvalue weighted by Crippen LogP contribution is -2.13. The Hall–Kier alpha value is -3.21. The van der Waals surface area contributed by atoms with E-state index in [1.807, 2.05) is 26.0 Å². The third-order valence-corrected chi connectivity index (χ3v) is 6.63. The van der Waals surface area contributed by atoms with Gasteiger partial charge in [0.15, 0.2) is 11.6 Å². The van der Waals surface area contributed by atoms with E-state index < -0.39 is 11.6 Å². The summed E-state index contributed by atoms with van der Waals surface area (Å²) in [6.07, 6.45) is 7.06. The zero-order chi connectivity index (χ0) is 24.8. The number of hydrogen-bond acceptors (Lipinski definition) is 2. The molecule has 0 amide bonds. The summed E-state index contributed by atoms with van der Waals surface area (Å²) in [5, 5.41) is 0. The summed E-state index contributed by atoms with van der Waals surface area (Å²) in [5.41, 5.74) is 1.83. The lowest BCUT2D eigenvalue weighted by Gasteiger charge is -2.27. The van der Waals surface area contributed by atoms with Crippen LogP contribution in [0.5, 0.6) is 11.5 Å². The van der Waals surface area contributed by atoms with Crippen LogP contribution in [0.3, 0.4) is 0 Å². The SMILES string of the molecule is CCOc1ccc(-c2ccc(C3CCC(/C=C/c4ccc(OCC)cc4F)CC3)c(F)c2F)cc1. The first-order chi connectivity index (χ1) is 17.0. The topological polar surface area (TPSA) is 18.5 Å². The van der Waals surface area contributed by atoms with E-state index in [1.165, 1.54) is 6.07 Å². The Morgan fingerprint density at radius 1 is 0.771 bits per heavy atom. The highest BCUT2D eigenvalue weighted by Crippen LogP contribution is 2.39. The van der Waals surface area contributed by atoms with Gasteiger partial charge in [-0.25, -0.2) is 13.2 Å². The van der Waals surface area contributed by atoms with Crippen LogP contribution in [0, 0.1) is 23.4 Å². The fourth-order valence-electron chi connectivity index (χ4n) is 4.76. The maximum Gasteiger partial charge on any atom is 0.166 e. The molecule has 3 aromatic rings. The molecule has 0 atom stereocenters. The smallest absolute Gasteiger partial charge is 0.166 e. The van der Waals surface area contributed by atoms with Crippen molar-refractivity contribution in [1.29, 1.82) is 0 Å². The van der Waals surface area contributed by atoms with E-state index in [1.54, 1.807) is 48.5 Å². The third kappa shape index (κ3) is 5.90. The molecule has 0 N–H and O–H groups in total. The summed E-state index contributed by atoms with van der Waals surface area (Å²) in [6, 6.07) is 15.3. The number of rotatable bonds is 8. The monoisotopic (exact) mass is 480 g/mol. The van der Waals surface area contributed by atoms with Crippen molar-refractivity contribution in [2.24, 2.45) is 5.92 Å². The first-order valence-electron chi connectivity index (χ1n) is 12.3. The van der Waals surface area contributed by atoms with Gasteiger partial charge in [-0.2, -0.15) is 0 Å². The molecule has 1 fully saturated rings. The molecule has 1 aliphatic rings. The van der Waals surface area contributed by atoms with E-state index >= 15 is 4.39 Å². The molecule has 0 unspecified atom stereocenters. The van der Waals surface area contributed by atoms with Gasteiger partial charge < -0.3 is 9.47 Å². The van der Waals surface area contributed by atoms with Crippen LogP contribution < -0.4 is 9.47 Å². The summed E-state index contributed by atoms with van der Waals surface area (Å²) in [4.78, 5) is 0. The first kappa shape index (κ1) is 24.9. The summed E-state index contributed by atoms with van der Waals surface area (Å²) < 4.78 is 55.1. The van der Waals surface area contributed by atoms with Gasteiger partial charge in [-0.05, 0) is 86.8 Å². The molecule has 0 heterocycles. The number of benzene rings is 3. The van der Waals surface area contributed by atoms with Crippen molar-refractivity contribution in [2.45, 2.75) is 45.4 Å². The van der Waals surface area contributed by atoms with E-state index in [9.17, 15) is 8.78 Å². The van der Waals surface area contributed by atoms with Crippen molar-refractivity contribution in [1.82, 2.24) is 0 Å². The maximum atomic E-state index is 15.1. The van der Waals surface area contributed by atoms with E-state index in [0.29, 0.717) is 41.4 Å². The molecule has 0 aromatic heterocycles. The van der Waals surface area contributed by atoms with Gasteiger partial charge in [-0.3, -0.25) is 0 Å². The fourth-order valence-corrected chi connectivity index (χ4v) is 4.76. The van der Waals surface area contributed by atoms with Crippen molar-refractivity contribution in [3.63, 3.8) is 0 Å². The molecule has 0 aliphatic heterocycles. The summed E-state index contributed by atoms with van der Waals surface area (Å²) in [5.74, 6) is -0.396. The minimum atomic E-state index is -0.806. The Bertz CT molecular complexity index is 1160. The Labute approximate surface area is 205 Å². The summed E-state index contributed by atoms with van der Waals surface area (Å²) in [6.45, 7) is 4.80. The molecule has 3 aromatic carbocycles. The molecule has 35 heavy (non-hydrogen) atoms. The summed E-state index contributed by atoms with van der Waals surface area (Å²) >= 11 is 0. The van der Waals surface area contributed by atoms with Gasteiger partial charge >= 0.3 is 0 Å². The van der Waals surface area contributed by atoms with Crippen LogP contribution in [0.2, 0.25) is 0 Å². The van der Waals surface area contributed by atoms with Crippen molar-refractivity contribution in [2.75, 3.05) is 13.2 Å². The molecular weight excluding hydrogens is 449 g/mol. The quantitative estimate of drug-likeness (QED) is 0.322. The molecule has 0 radical (unpaired) electrons. The van der Waals surface area contributed by atoms with Crippen molar-refractivity contribution < 1.29 is 22.6 Å². The van der Waals surface area contributed by atoms with E-state index in [4.69, 9.17) is 9.47 Å². The normalized spacial score (nSPS) is 18.1. The van der Waals surface area contributed by atoms with Crippen LogP contribution in [-0.4, -0.2) is 13.2 Å². The molecular formula is C30H31F3O2. The Balaban J connectivity index is 1.40. The molecule has 1 aliphatic carbocycles. The second-order valence-corrected chi connectivity index (χ2v) is 8.87. The molecule has 0 bridgehead atoms. The van der Waals surface area contributed by atoms with Crippen molar-refractivity contribution in [3.05, 3.63) is 89.3 Å². The van der Waals surface area contributed by atoms with Gasteiger partial charge in [-0.15, -0.1) is 0 Å². The standard InChI is InChI=1S/C30H31F3O2/c1-3-34-24-14-11-22(12-15-24)27-18-17-26(29(32)30(27)33)21-8-5-20(6-9-21)7-10-23-13-16-25(35-4-2)19-28(23)31/h7,10-21H,3-6,8-9H2,1-2H3/b10-7+. The van der Waals surface area contributed by atoms with Crippen molar-refractivity contribution >= 4 is 6.08 Å². The Morgan fingerprint density at radius 2 is 1.43 bits per heavy atom. The average molecular weight is 481 g/mol. The largest absolute Gasteiger partial charge is 0.494 e. The molecule has 0 spiro atoms. The predicted octanol–water partition coefficient (Wildman–Crippen LogP) is 8.56. The van der Waals surface area contributed by atoms with Crippen LogP contribution >= 0.6 is 0 Å². The van der Waals surface area contributed by atoms with Gasteiger partial charge in [0.2, 0.25) is 0 Å². The molecule has 0 saturated heterocycles. The number of halogens is 3. The lowest BCUT2D eigenvalue weighted by atomic mass is 9.78. The zero-order valence-corrected chi connectivity index (χ0v) is 20.2. The first-order valence-corrected chi connectivity index (χ1v) is 12.3. The number of ether oxygens (including phenoxy) is 2. The minimum Gasteiger partial charge on any atom is -0.494 e. The van der Waals surface area contributed by atoms with Crippen LogP contribution in [0.25, 0.3) is 17.2 Å². The van der Waals surface area contributed by atoms with Gasteiger partial charge in [0.1, 0.15) is 17.3 Å².